The monoisotopic (exact) mass is 378 g/mol. The fourth-order valence-electron chi connectivity index (χ4n) is 3.24. The number of benzene rings is 2. The maximum atomic E-state index is 6.12. The Morgan fingerprint density at radius 3 is 2.14 bits per heavy atom. The lowest BCUT2D eigenvalue weighted by molar-refractivity contribution is 0.412. The maximum absolute atomic E-state index is 6.12. The van der Waals surface area contributed by atoms with Crippen LogP contribution in [-0.4, -0.2) is 17.1 Å². The molecule has 1 heterocycles. The SMILES string of the molecule is COc1cc(C(C)C)c(Oc2cnc(N)nc2N)cc1-c1cc(C)cc(C)c1. The second-order valence-electron chi connectivity index (χ2n) is 7.20. The number of rotatable bonds is 5. The fraction of sp³-hybridized carbons (Fsp3) is 0.273. The summed E-state index contributed by atoms with van der Waals surface area (Å²) in [5, 5.41) is 0. The van der Waals surface area contributed by atoms with E-state index in [0.29, 0.717) is 11.5 Å². The topological polar surface area (TPSA) is 96.3 Å². The molecule has 0 saturated heterocycles. The zero-order valence-electron chi connectivity index (χ0n) is 16.9. The number of anilines is 2. The van der Waals surface area contributed by atoms with Crippen molar-refractivity contribution in [3.05, 3.63) is 53.2 Å². The summed E-state index contributed by atoms with van der Waals surface area (Å²) in [6, 6.07) is 10.4. The normalized spacial score (nSPS) is 10.9. The Morgan fingerprint density at radius 1 is 0.893 bits per heavy atom. The molecule has 0 aliphatic carbocycles. The van der Waals surface area contributed by atoms with Crippen LogP contribution in [0.25, 0.3) is 11.1 Å². The molecule has 0 fully saturated rings. The van der Waals surface area contributed by atoms with Crippen molar-refractivity contribution in [2.45, 2.75) is 33.6 Å². The summed E-state index contributed by atoms with van der Waals surface area (Å²) >= 11 is 0. The Labute approximate surface area is 165 Å². The Kier molecular flexibility index (Phi) is 5.40. The van der Waals surface area contributed by atoms with Gasteiger partial charge in [0.15, 0.2) is 11.6 Å². The molecule has 4 N–H and O–H groups in total. The van der Waals surface area contributed by atoms with E-state index in [-0.39, 0.29) is 17.7 Å². The van der Waals surface area contributed by atoms with Crippen molar-refractivity contribution in [2.75, 3.05) is 18.6 Å². The molecule has 2 aromatic carbocycles. The van der Waals surface area contributed by atoms with Crippen LogP contribution >= 0.6 is 0 Å². The fourth-order valence-corrected chi connectivity index (χ4v) is 3.24. The van der Waals surface area contributed by atoms with Crippen molar-refractivity contribution in [1.29, 1.82) is 0 Å². The number of methoxy groups -OCH3 is 1. The van der Waals surface area contributed by atoms with E-state index in [4.69, 9.17) is 20.9 Å². The molecule has 0 aliphatic heterocycles. The highest BCUT2D eigenvalue weighted by Gasteiger charge is 2.18. The van der Waals surface area contributed by atoms with Crippen molar-refractivity contribution in [3.8, 4) is 28.4 Å². The summed E-state index contributed by atoms with van der Waals surface area (Å²) in [4.78, 5) is 7.96. The molecule has 0 atom stereocenters. The van der Waals surface area contributed by atoms with Gasteiger partial charge in [-0.05, 0) is 37.5 Å². The maximum Gasteiger partial charge on any atom is 0.222 e. The molecular formula is C22H26N4O2. The molecule has 3 aromatic rings. The van der Waals surface area contributed by atoms with Crippen molar-refractivity contribution in [2.24, 2.45) is 0 Å². The van der Waals surface area contributed by atoms with Crippen LogP contribution in [0.3, 0.4) is 0 Å². The molecule has 0 spiro atoms. The number of aromatic nitrogens is 2. The Balaban J connectivity index is 2.17. The summed E-state index contributed by atoms with van der Waals surface area (Å²) in [7, 11) is 1.68. The van der Waals surface area contributed by atoms with Gasteiger partial charge in [-0.25, -0.2) is 4.98 Å². The molecule has 3 rings (SSSR count). The third kappa shape index (κ3) is 4.01. The number of nitrogen functional groups attached to an aromatic ring is 2. The van der Waals surface area contributed by atoms with E-state index in [0.717, 1.165) is 22.4 Å². The zero-order valence-corrected chi connectivity index (χ0v) is 16.9. The molecule has 0 amide bonds. The minimum absolute atomic E-state index is 0.111. The average molecular weight is 378 g/mol. The molecule has 0 unspecified atom stereocenters. The predicted molar refractivity (Wildman–Crippen MR) is 113 cm³/mol. The van der Waals surface area contributed by atoms with Crippen molar-refractivity contribution < 1.29 is 9.47 Å². The Hall–Kier alpha value is -3.28. The van der Waals surface area contributed by atoms with Gasteiger partial charge in [-0.2, -0.15) is 4.98 Å². The number of ether oxygens (including phenoxy) is 2. The van der Waals surface area contributed by atoms with Gasteiger partial charge in [-0.1, -0.05) is 43.2 Å². The minimum Gasteiger partial charge on any atom is -0.496 e. The number of nitrogens with zero attached hydrogens (tertiary/aromatic N) is 2. The molecule has 28 heavy (non-hydrogen) atoms. The van der Waals surface area contributed by atoms with Gasteiger partial charge >= 0.3 is 0 Å². The van der Waals surface area contributed by atoms with Crippen LogP contribution in [-0.2, 0) is 0 Å². The largest absolute Gasteiger partial charge is 0.496 e. The van der Waals surface area contributed by atoms with Gasteiger partial charge in [0, 0.05) is 11.1 Å². The van der Waals surface area contributed by atoms with Crippen LogP contribution < -0.4 is 20.9 Å². The van der Waals surface area contributed by atoms with Gasteiger partial charge in [0.05, 0.1) is 13.3 Å². The van der Waals surface area contributed by atoms with Crippen LogP contribution in [0.4, 0.5) is 11.8 Å². The smallest absolute Gasteiger partial charge is 0.222 e. The Morgan fingerprint density at radius 2 is 1.57 bits per heavy atom. The van der Waals surface area contributed by atoms with Gasteiger partial charge in [0.1, 0.15) is 11.5 Å². The molecule has 6 heteroatoms. The third-order valence-electron chi connectivity index (χ3n) is 4.51. The lowest BCUT2D eigenvalue weighted by atomic mass is 9.94. The predicted octanol–water partition coefficient (Wildman–Crippen LogP) is 4.85. The highest BCUT2D eigenvalue weighted by atomic mass is 16.5. The standard InChI is InChI=1S/C22H26N4O2/c1-12(2)16-9-18(27-5)17(15-7-13(3)6-14(4)8-15)10-19(16)28-20-11-25-22(24)26-21(20)23/h6-12H,1-5H3,(H4,23,24,25,26). The van der Waals surface area contributed by atoms with E-state index in [2.05, 4.69) is 55.9 Å². The van der Waals surface area contributed by atoms with Gasteiger partial charge in [0.25, 0.3) is 0 Å². The molecule has 146 valence electrons. The second kappa shape index (κ2) is 7.76. The zero-order chi connectivity index (χ0) is 20.4. The van der Waals surface area contributed by atoms with Gasteiger partial charge in [-0.15, -0.1) is 0 Å². The van der Waals surface area contributed by atoms with Crippen LogP contribution in [0.1, 0.15) is 36.5 Å². The molecule has 0 radical (unpaired) electrons. The molecule has 0 aliphatic rings. The number of hydrogen-bond acceptors (Lipinski definition) is 6. The van der Waals surface area contributed by atoms with Gasteiger partial charge in [0.2, 0.25) is 5.95 Å². The van der Waals surface area contributed by atoms with E-state index in [9.17, 15) is 0 Å². The molecular weight excluding hydrogens is 352 g/mol. The summed E-state index contributed by atoms with van der Waals surface area (Å²) in [6.45, 7) is 8.35. The first kappa shape index (κ1) is 19.5. The highest BCUT2D eigenvalue weighted by Crippen LogP contribution is 2.41. The second-order valence-corrected chi connectivity index (χ2v) is 7.20. The third-order valence-corrected chi connectivity index (χ3v) is 4.51. The number of aryl methyl sites for hydroxylation is 2. The van der Waals surface area contributed by atoms with Crippen molar-refractivity contribution in [1.82, 2.24) is 9.97 Å². The average Bonchev–Trinajstić information content (AvgIpc) is 2.62. The Bertz CT molecular complexity index is 995. The van der Waals surface area contributed by atoms with E-state index in [1.165, 1.54) is 17.3 Å². The first-order chi connectivity index (χ1) is 13.3. The summed E-state index contributed by atoms with van der Waals surface area (Å²) in [6.07, 6.45) is 1.49. The summed E-state index contributed by atoms with van der Waals surface area (Å²) in [5.41, 5.74) is 16.9. The highest BCUT2D eigenvalue weighted by molar-refractivity contribution is 5.75. The summed E-state index contributed by atoms with van der Waals surface area (Å²) in [5.74, 6) is 2.37. The minimum atomic E-state index is 0.111. The van der Waals surface area contributed by atoms with E-state index in [1.54, 1.807) is 7.11 Å². The van der Waals surface area contributed by atoms with Crippen molar-refractivity contribution in [3.63, 3.8) is 0 Å². The van der Waals surface area contributed by atoms with E-state index < -0.39 is 0 Å². The summed E-state index contributed by atoms with van der Waals surface area (Å²) < 4.78 is 11.8. The van der Waals surface area contributed by atoms with Crippen LogP contribution in [0.5, 0.6) is 17.2 Å². The van der Waals surface area contributed by atoms with Gasteiger partial charge in [-0.3, -0.25) is 0 Å². The molecule has 0 bridgehead atoms. The van der Waals surface area contributed by atoms with Gasteiger partial charge < -0.3 is 20.9 Å². The lowest BCUT2D eigenvalue weighted by Gasteiger charge is -2.19. The van der Waals surface area contributed by atoms with E-state index >= 15 is 0 Å². The van der Waals surface area contributed by atoms with Crippen LogP contribution in [0.2, 0.25) is 0 Å². The first-order valence-corrected chi connectivity index (χ1v) is 9.15. The molecule has 6 nitrogen and oxygen atoms in total. The van der Waals surface area contributed by atoms with E-state index in [1.807, 2.05) is 12.1 Å². The lowest BCUT2D eigenvalue weighted by Crippen LogP contribution is -2.03. The molecule has 1 aromatic heterocycles. The number of nitrogens with two attached hydrogens (primary N) is 2. The first-order valence-electron chi connectivity index (χ1n) is 9.15. The van der Waals surface area contributed by atoms with Crippen molar-refractivity contribution >= 4 is 11.8 Å². The van der Waals surface area contributed by atoms with Crippen LogP contribution in [0, 0.1) is 13.8 Å². The quantitative estimate of drug-likeness (QED) is 0.659. The number of hydrogen-bond donors (Lipinski definition) is 2. The molecule has 0 saturated carbocycles. The van der Waals surface area contributed by atoms with Crippen LogP contribution in [0.15, 0.2) is 36.5 Å².